The van der Waals surface area contributed by atoms with Crippen LogP contribution in [0.1, 0.15) is 36.0 Å². The fourth-order valence-electron chi connectivity index (χ4n) is 2.52. The van der Waals surface area contributed by atoms with Gasteiger partial charge in [-0.3, -0.25) is 0 Å². The summed E-state index contributed by atoms with van der Waals surface area (Å²) in [7, 11) is 0. The highest BCUT2D eigenvalue weighted by molar-refractivity contribution is 6.30. The molecule has 5 heteroatoms. The summed E-state index contributed by atoms with van der Waals surface area (Å²) < 4.78 is 1.94. The van der Waals surface area contributed by atoms with E-state index in [-0.39, 0.29) is 12.5 Å². The maximum Gasteiger partial charge on any atom is 0.155 e. The zero-order valence-corrected chi connectivity index (χ0v) is 11.3. The van der Waals surface area contributed by atoms with Gasteiger partial charge >= 0.3 is 0 Å². The molecule has 1 atom stereocenters. The second kappa shape index (κ2) is 5.31. The summed E-state index contributed by atoms with van der Waals surface area (Å²) in [5.74, 6) is 1.88. The minimum absolute atomic E-state index is 0.139. The molecule has 1 aromatic carbocycles. The van der Waals surface area contributed by atoms with Gasteiger partial charge in [0.25, 0.3) is 0 Å². The normalized spacial score (nSPS) is 18.3. The van der Waals surface area contributed by atoms with Crippen molar-refractivity contribution in [3.05, 3.63) is 46.5 Å². The lowest BCUT2D eigenvalue weighted by Gasteiger charge is -2.19. The summed E-state index contributed by atoms with van der Waals surface area (Å²) >= 11 is 5.87. The molecule has 1 aliphatic rings. The van der Waals surface area contributed by atoms with Crippen LogP contribution in [0.4, 0.5) is 0 Å². The topological polar surface area (TPSA) is 50.9 Å². The van der Waals surface area contributed by atoms with E-state index < -0.39 is 0 Å². The Bertz CT molecular complexity index is 565. The van der Waals surface area contributed by atoms with Gasteiger partial charge in [0.2, 0.25) is 0 Å². The van der Waals surface area contributed by atoms with Gasteiger partial charge in [0.1, 0.15) is 5.82 Å². The second-order valence-electron chi connectivity index (χ2n) is 4.93. The van der Waals surface area contributed by atoms with Crippen LogP contribution in [0, 0.1) is 0 Å². The van der Waals surface area contributed by atoms with E-state index in [1.165, 1.54) is 0 Å². The van der Waals surface area contributed by atoms with Crippen molar-refractivity contribution in [2.24, 2.45) is 0 Å². The van der Waals surface area contributed by atoms with Crippen molar-refractivity contribution in [3.8, 4) is 0 Å². The second-order valence-corrected chi connectivity index (χ2v) is 5.37. The highest BCUT2D eigenvalue weighted by Crippen LogP contribution is 2.25. The molecule has 0 aliphatic carbocycles. The fraction of sp³-hybridized carbons (Fsp3) is 0.429. The Labute approximate surface area is 117 Å². The molecule has 19 heavy (non-hydrogen) atoms. The predicted octanol–water partition coefficient (Wildman–Crippen LogP) is 2.39. The van der Waals surface area contributed by atoms with E-state index >= 15 is 0 Å². The van der Waals surface area contributed by atoms with Crippen molar-refractivity contribution in [3.63, 3.8) is 0 Å². The van der Waals surface area contributed by atoms with E-state index in [1.807, 2.05) is 28.9 Å². The standard InChI is InChI=1S/C14H16ClN3O/c15-12-5-3-10(4-6-12)8-13-16-14-11(9-19)2-1-7-18(14)17-13/h3-6,11,19H,1-2,7-9H2. The summed E-state index contributed by atoms with van der Waals surface area (Å²) in [4.78, 5) is 4.58. The third-order valence-corrected chi connectivity index (χ3v) is 3.78. The largest absolute Gasteiger partial charge is 0.396 e. The van der Waals surface area contributed by atoms with Crippen LogP contribution in [0.15, 0.2) is 24.3 Å². The van der Waals surface area contributed by atoms with E-state index in [9.17, 15) is 5.11 Å². The van der Waals surface area contributed by atoms with E-state index in [0.717, 1.165) is 41.6 Å². The first-order valence-electron chi connectivity index (χ1n) is 6.55. The molecular formula is C14H16ClN3O. The van der Waals surface area contributed by atoms with Gasteiger partial charge in [-0.15, -0.1) is 0 Å². The van der Waals surface area contributed by atoms with Gasteiger partial charge in [-0.25, -0.2) is 9.67 Å². The predicted molar refractivity (Wildman–Crippen MR) is 73.3 cm³/mol. The zero-order chi connectivity index (χ0) is 13.2. The van der Waals surface area contributed by atoms with Crippen LogP contribution in [0.5, 0.6) is 0 Å². The summed E-state index contributed by atoms with van der Waals surface area (Å²) in [6.45, 7) is 1.05. The molecule has 0 fully saturated rings. The third-order valence-electron chi connectivity index (χ3n) is 3.53. The number of aliphatic hydroxyl groups is 1. The van der Waals surface area contributed by atoms with E-state index in [2.05, 4.69) is 10.1 Å². The zero-order valence-electron chi connectivity index (χ0n) is 10.6. The highest BCUT2D eigenvalue weighted by Gasteiger charge is 2.23. The van der Waals surface area contributed by atoms with Gasteiger partial charge < -0.3 is 5.11 Å². The van der Waals surface area contributed by atoms with Gasteiger partial charge in [0, 0.05) is 23.9 Å². The average Bonchev–Trinajstić information content (AvgIpc) is 2.83. The lowest BCUT2D eigenvalue weighted by atomic mass is 10.0. The van der Waals surface area contributed by atoms with Gasteiger partial charge in [-0.05, 0) is 30.5 Å². The number of benzene rings is 1. The van der Waals surface area contributed by atoms with Gasteiger partial charge in [0.05, 0.1) is 6.61 Å². The lowest BCUT2D eigenvalue weighted by Crippen LogP contribution is -2.19. The van der Waals surface area contributed by atoms with Crippen LogP contribution >= 0.6 is 11.6 Å². The number of hydrogen-bond donors (Lipinski definition) is 1. The SMILES string of the molecule is OCC1CCCn2nc(Cc3ccc(Cl)cc3)nc21. The molecule has 3 rings (SSSR count). The lowest BCUT2D eigenvalue weighted by molar-refractivity contribution is 0.234. The number of rotatable bonds is 3. The number of aliphatic hydroxyl groups excluding tert-OH is 1. The Hall–Kier alpha value is -1.39. The van der Waals surface area contributed by atoms with Crippen molar-refractivity contribution in [2.45, 2.75) is 31.7 Å². The fourth-order valence-corrected chi connectivity index (χ4v) is 2.64. The third kappa shape index (κ3) is 2.65. The quantitative estimate of drug-likeness (QED) is 0.937. The van der Waals surface area contributed by atoms with Crippen LogP contribution < -0.4 is 0 Å². The smallest absolute Gasteiger partial charge is 0.155 e. The summed E-state index contributed by atoms with van der Waals surface area (Å²) in [5, 5.41) is 14.6. The maximum absolute atomic E-state index is 9.37. The number of nitrogens with zero attached hydrogens (tertiary/aromatic N) is 3. The van der Waals surface area contributed by atoms with Crippen LogP contribution in [-0.4, -0.2) is 26.5 Å². The summed E-state index contributed by atoms with van der Waals surface area (Å²) in [6, 6.07) is 7.74. The number of fused-ring (bicyclic) bond motifs is 1. The van der Waals surface area contributed by atoms with E-state index in [1.54, 1.807) is 0 Å². The molecule has 0 radical (unpaired) electrons. The molecule has 0 spiro atoms. The molecule has 100 valence electrons. The number of hydrogen-bond acceptors (Lipinski definition) is 3. The van der Waals surface area contributed by atoms with Crippen molar-refractivity contribution in [1.82, 2.24) is 14.8 Å². The first kappa shape index (κ1) is 12.6. The maximum atomic E-state index is 9.37. The molecule has 1 unspecified atom stereocenters. The first-order chi connectivity index (χ1) is 9.26. The average molecular weight is 278 g/mol. The molecule has 0 saturated heterocycles. The Kier molecular flexibility index (Phi) is 3.53. The Morgan fingerprint density at radius 3 is 2.84 bits per heavy atom. The molecule has 2 aromatic rings. The summed E-state index contributed by atoms with van der Waals surface area (Å²) in [5.41, 5.74) is 1.15. The molecule has 1 N–H and O–H groups in total. The Morgan fingerprint density at radius 1 is 1.32 bits per heavy atom. The van der Waals surface area contributed by atoms with Crippen molar-refractivity contribution < 1.29 is 5.11 Å². The van der Waals surface area contributed by atoms with Crippen LogP contribution in [-0.2, 0) is 13.0 Å². The molecule has 1 aromatic heterocycles. The van der Waals surface area contributed by atoms with Gasteiger partial charge in [-0.1, -0.05) is 23.7 Å². The molecule has 0 saturated carbocycles. The Balaban J connectivity index is 1.82. The van der Waals surface area contributed by atoms with Crippen LogP contribution in [0.3, 0.4) is 0 Å². The number of halogens is 1. The molecule has 4 nitrogen and oxygen atoms in total. The van der Waals surface area contributed by atoms with Crippen LogP contribution in [0.2, 0.25) is 5.02 Å². The van der Waals surface area contributed by atoms with Gasteiger partial charge in [-0.2, -0.15) is 5.10 Å². The minimum Gasteiger partial charge on any atom is -0.396 e. The minimum atomic E-state index is 0.139. The highest BCUT2D eigenvalue weighted by atomic mass is 35.5. The van der Waals surface area contributed by atoms with Crippen molar-refractivity contribution in [2.75, 3.05) is 6.61 Å². The van der Waals surface area contributed by atoms with E-state index in [0.29, 0.717) is 6.42 Å². The van der Waals surface area contributed by atoms with E-state index in [4.69, 9.17) is 11.6 Å². The first-order valence-corrected chi connectivity index (χ1v) is 6.93. The molecule has 2 heterocycles. The van der Waals surface area contributed by atoms with Crippen LogP contribution in [0.25, 0.3) is 0 Å². The van der Waals surface area contributed by atoms with Gasteiger partial charge in [0.15, 0.2) is 5.82 Å². The molecule has 0 amide bonds. The number of aromatic nitrogens is 3. The number of aryl methyl sites for hydroxylation is 1. The molecular weight excluding hydrogens is 262 g/mol. The molecule has 0 bridgehead atoms. The Morgan fingerprint density at radius 2 is 2.11 bits per heavy atom. The van der Waals surface area contributed by atoms with Crippen molar-refractivity contribution >= 4 is 11.6 Å². The summed E-state index contributed by atoms with van der Waals surface area (Å²) in [6.07, 6.45) is 2.76. The monoisotopic (exact) mass is 277 g/mol. The van der Waals surface area contributed by atoms with Crippen molar-refractivity contribution in [1.29, 1.82) is 0 Å². The molecule has 1 aliphatic heterocycles.